The molecule has 0 radical (unpaired) electrons. The molecule has 0 N–H and O–H groups in total. The van der Waals surface area contributed by atoms with E-state index in [4.69, 9.17) is 6.42 Å². The Labute approximate surface area is 44.5 Å². The topological polar surface area (TPSA) is 0 Å². The summed E-state index contributed by atoms with van der Waals surface area (Å²) in [5.74, 6) is 2.46. The molecule has 36 valence electrons. The van der Waals surface area contributed by atoms with Crippen molar-refractivity contribution < 1.29 is 0 Å². The van der Waals surface area contributed by atoms with Gasteiger partial charge in [-0.25, -0.2) is 0 Å². The zero-order valence-corrected chi connectivity index (χ0v) is 4.44. The summed E-state index contributed by atoms with van der Waals surface area (Å²) < 4.78 is 0. The van der Waals surface area contributed by atoms with Crippen molar-refractivity contribution in [3.05, 3.63) is 24.3 Å². The van der Waals surface area contributed by atoms with Crippen molar-refractivity contribution in [2.24, 2.45) is 0 Å². The third-order valence-electron chi connectivity index (χ3n) is 0.596. The number of hydrogen-bond acceptors (Lipinski definition) is 0. The van der Waals surface area contributed by atoms with Gasteiger partial charge in [0.15, 0.2) is 0 Å². The molecule has 0 saturated carbocycles. The zero-order chi connectivity index (χ0) is 5.70. The molecular formula is C7H8. The highest BCUT2D eigenvalue weighted by molar-refractivity contribution is 5.25. The second kappa shape index (κ2) is 3.24. The third-order valence-corrected chi connectivity index (χ3v) is 0.596. The van der Waals surface area contributed by atoms with Crippen LogP contribution in [0, 0.1) is 12.3 Å². The molecule has 0 amide bonds. The first kappa shape index (κ1) is 6.04. The lowest BCUT2D eigenvalue weighted by molar-refractivity contribution is 1.59. The Morgan fingerprint density at radius 3 is 2.57 bits per heavy atom. The van der Waals surface area contributed by atoms with Crippen molar-refractivity contribution in [1.82, 2.24) is 0 Å². The first-order chi connectivity index (χ1) is 3.31. The summed E-state index contributed by atoms with van der Waals surface area (Å²) in [7, 11) is 0. The molecule has 0 aliphatic heterocycles. The van der Waals surface area contributed by atoms with E-state index in [9.17, 15) is 0 Å². The maximum Gasteiger partial charge on any atom is -0.00137 e. The minimum Gasteiger partial charge on any atom is -0.115 e. The Kier molecular flexibility index (Phi) is 2.79. The van der Waals surface area contributed by atoms with Gasteiger partial charge in [-0.2, -0.15) is 0 Å². The molecule has 0 unspecified atom stereocenters. The minimum atomic E-state index is 0.912. The predicted octanol–water partition coefficient (Wildman–Crippen LogP) is 1.75. The molecule has 0 spiro atoms. The lowest BCUT2D eigenvalue weighted by Crippen LogP contribution is -1.60. The van der Waals surface area contributed by atoms with E-state index in [1.54, 1.807) is 12.2 Å². The fraction of sp³-hybridized carbons (Fsp3) is 0.143. The van der Waals surface area contributed by atoms with Crippen molar-refractivity contribution in [3.63, 3.8) is 0 Å². The Balaban J connectivity index is 3.80. The Bertz CT molecular complexity index is 121. The molecule has 0 aliphatic rings. The third kappa shape index (κ3) is 2.85. The Morgan fingerprint density at radius 1 is 1.86 bits per heavy atom. The van der Waals surface area contributed by atoms with Crippen LogP contribution in [0.5, 0.6) is 0 Å². The van der Waals surface area contributed by atoms with Gasteiger partial charge < -0.3 is 0 Å². The second-order valence-corrected chi connectivity index (χ2v) is 1.23. The fourth-order valence-corrected chi connectivity index (χ4v) is 0.225. The number of hydrogen-bond donors (Lipinski definition) is 0. The van der Waals surface area contributed by atoms with Crippen LogP contribution < -0.4 is 0 Å². The number of allylic oxidation sites excluding steroid dienone is 3. The van der Waals surface area contributed by atoms with E-state index < -0.39 is 0 Å². The average Bonchev–Trinajstić information content (AvgIpc) is 1.68. The van der Waals surface area contributed by atoms with Gasteiger partial charge in [0.05, 0.1) is 0 Å². The maximum absolute atomic E-state index is 4.99. The molecule has 0 fully saturated rings. The lowest BCUT2D eigenvalue weighted by atomic mass is 10.3. The largest absolute Gasteiger partial charge is 0.115 e. The highest BCUT2D eigenvalue weighted by Crippen LogP contribution is 1.85. The van der Waals surface area contributed by atoms with Crippen molar-refractivity contribution in [1.29, 1.82) is 0 Å². The molecule has 0 heterocycles. The van der Waals surface area contributed by atoms with Crippen LogP contribution in [0.25, 0.3) is 0 Å². The van der Waals surface area contributed by atoms with Gasteiger partial charge in [0.25, 0.3) is 0 Å². The van der Waals surface area contributed by atoms with E-state index >= 15 is 0 Å². The van der Waals surface area contributed by atoms with Crippen LogP contribution in [0.15, 0.2) is 24.3 Å². The van der Waals surface area contributed by atoms with E-state index in [0.29, 0.717) is 0 Å². The van der Waals surface area contributed by atoms with Crippen molar-refractivity contribution in [3.8, 4) is 12.3 Å². The smallest absolute Gasteiger partial charge is 0.00137 e. The van der Waals surface area contributed by atoms with Gasteiger partial charge >= 0.3 is 0 Å². The van der Waals surface area contributed by atoms with Crippen LogP contribution in [-0.4, -0.2) is 0 Å². The van der Waals surface area contributed by atoms with Gasteiger partial charge in [0.1, 0.15) is 0 Å². The van der Waals surface area contributed by atoms with E-state index in [2.05, 4.69) is 12.5 Å². The van der Waals surface area contributed by atoms with E-state index in [1.807, 2.05) is 6.92 Å². The lowest BCUT2D eigenvalue weighted by Gasteiger charge is -1.76. The molecule has 0 bridgehead atoms. The summed E-state index contributed by atoms with van der Waals surface area (Å²) in [5.41, 5.74) is 0.912. The highest BCUT2D eigenvalue weighted by atomic mass is 13.7. The van der Waals surface area contributed by atoms with Crippen molar-refractivity contribution in [2.75, 3.05) is 0 Å². The van der Waals surface area contributed by atoms with Crippen molar-refractivity contribution >= 4 is 0 Å². The number of terminal acetylenes is 1. The average molecular weight is 92.1 g/mol. The molecule has 0 heteroatoms. The molecule has 0 aromatic heterocycles. The molecular weight excluding hydrogens is 84.1 g/mol. The summed E-state index contributed by atoms with van der Waals surface area (Å²) in [4.78, 5) is 0. The molecule has 0 rings (SSSR count). The van der Waals surface area contributed by atoms with Gasteiger partial charge in [-0.1, -0.05) is 24.7 Å². The minimum absolute atomic E-state index is 0.912. The molecule has 0 saturated heterocycles. The molecule has 0 atom stereocenters. The number of rotatable bonds is 1. The van der Waals surface area contributed by atoms with Gasteiger partial charge in [0.2, 0.25) is 0 Å². The van der Waals surface area contributed by atoms with Crippen LogP contribution in [0.1, 0.15) is 6.92 Å². The second-order valence-electron chi connectivity index (χ2n) is 1.23. The standard InChI is InChI=1S/C7H8/c1-4-6-7(3)5-2/h2,4,6H,1H2,3H3/b7-6+. The molecule has 0 nitrogen and oxygen atoms in total. The van der Waals surface area contributed by atoms with Gasteiger partial charge in [0, 0.05) is 0 Å². The molecule has 7 heavy (non-hydrogen) atoms. The van der Waals surface area contributed by atoms with Crippen molar-refractivity contribution in [2.45, 2.75) is 6.92 Å². The Morgan fingerprint density at radius 2 is 2.43 bits per heavy atom. The summed E-state index contributed by atoms with van der Waals surface area (Å²) in [6.07, 6.45) is 8.46. The van der Waals surface area contributed by atoms with Gasteiger partial charge in [-0.05, 0) is 12.5 Å². The molecule has 0 aliphatic carbocycles. The predicted molar refractivity (Wildman–Crippen MR) is 32.8 cm³/mol. The van der Waals surface area contributed by atoms with Crippen LogP contribution in [0.4, 0.5) is 0 Å². The molecule has 0 aromatic carbocycles. The van der Waals surface area contributed by atoms with Crippen LogP contribution in [0.3, 0.4) is 0 Å². The van der Waals surface area contributed by atoms with Gasteiger partial charge in [-0.15, -0.1) is 6.42 Å². The highest BCUT2D eigenvalue weighted by Gasteiger charge is 1.69. The van der Waals surface area contributed by atoms with E-state index in [0.717, 1.165) is 5.57 Å². The van der Waals surface area contributed by atoms with Crippen LogP contribution >= 0.6 is 0 Å². The first-order valence-electron chi connectivity index (χ1n) is 2.07. The summed E-state index contributed by atoms with van der Waals surface area (Å²) in [5, 5.41) is 0. The van der Waals surface area contributed by atoms with E-state index in [-0.39, 0.29) is 0 Å². The quantitative estimate of drug-likeness (QED) is 0.341. The zero-order valence-electron chi connectivity index (χ0n) is 4.44. The summed E-state index contributed by atoms with van der Waals surface area (Å²) >= 11 is 0. The van der Waals surface area contributed by atoms with Crippen LogP contribution in [0.2, 0.25) is 0 Å². The normalized spacial score (nSPS) is 10.0. The SMILES string of the molecule is C#C/C(C)=C/C=C. The fourth-order valence-electron chi connectivity index (χ4n) is 0.225. The maximum atomic E-state index is 4.99. The van der Waals surface area contributed by atoms with E-state index in [1.165, 1.54) is 0 Å². The first-order valence-corrected chi connectivity index (χ1v) is 2.07. The van der Waals surface area contributed by atoms with Crippen LogP contribution in [-0.2, 0) is 0 Å². The summed E-state index contributed by atoms with van der Waals surface area (Å²) in [6.45, 7) is 5.34. The Hall–Kier alpha value is -0.960. The molecule has 0 aromatic rings. The van der Waals surface area contributed by atoms with Gasteiger partial charge in [-0.3, -0.25) is 0 Å². The monoisotopic (exact) mass is 92.1 g/mol. The summed E-state index contributed by atoms with van der Waals surface area (Å²) in [6, 6.07) is 0.